The van der Waals surface area contributed by atoms with E-state index < -0.39 is 0 Å². The topological polar surface area (TPSA) is 70.8 Å². The Balaban J connectivity index is 1.75. The second-order valence-corrected chi connectivity index (χ2v) is 7.57. The van der Waals surface area contributed by atoms with Crippen molar-refractivity contribution in [1.29, 1.82) is 0 Å². The molecule has 1 N–H and O–H groups in total. The maximum Gasteiger partial charge on any atom is 0.292 e. The second-order valence-electron chi connectivity index (χ2n) is 7.16. The SMILES string of the molecule is O=c1c(N(CCCO)CCN2CCOCC2)c(Cl)cnn1CC=Cc1ccccc1. The van der Waals surface area contributed by atoms with Crippen LogP contribution in [0.4, 0.5) is 5.69 Å². The number of hydrogen-bond acceptors (Lipinski definition) is 6. The molecule has 1 aromatic heterocycles. The molecule has 7 nitrogen and oxygen atoms in total. The Labute approximate surface area is 182 Å². The van der Waals surface area contributed by atoms with Crippen LogP contribution in [0, 0.1) is 0 Å². The van der Waals surface area contributed by atoms with Crippen LogP contribution < -0.4 is 10.5 Å². The zero-order valence-electron chi connectivity index (χ0n) is 17.1. The molecule has 0 spiro atoms. The van der Waals surface area contributed by atoms with Gasteiger partial charge in [-0.1, -0.05) is 54.1 Å². The summed E-state index contributed by atoms with van der Waals surface area (Å²) in [6.07, 6.45) is 5.96. The minimum absolute atomic E-state index is 0.0603. The molecule has 2 heterocycles. The Bertz CT molecular complexity index is 866. The van der Waals surface area contributed by atoms with Crippen LogP contribution in [-0.4, -0.2) is 72.3 Å². The van der Waals surface area contributed by atoms with E-state index in [4.69, 9.17) is 16.3 Å². The van der Waals surface area contributed by atoms with E-state index in [0.717, 1.165) is 38.4 Å². The Morgan fingerprint density at radius 1 is 1.20 bits per heavy atom. The van der Waals surface area contributed by atoms with E-state index in [1.807, 2.05) is 47.4 Å². The number of halogens is 1. The van der Waals surface area contributed by atoms with E-state index in [2.05, 4.69) is 10.00 Å². The van der Waals surface area contributed by atoms with Crippen molar-refractivity contribution in [3.8, 4) is 0 Å². The Morgan fingerprint density at radius 2 is 1.97 bits per heavy atom. The molecule has 0 radical (unpaired) electrons. The van der Waals surface area contributed by atoms with Gasteiger partial charge in [-0.05, 0) is 12.0 Å². The highest BCUT2D eigenvalue weighted by atomic mass is 35.5. The molecule has 0 amide bonds. The summed E-state index contributed by atoms with van der Waals surface area (Å²) < 4.78 is 6.82. The fourth-order valence-corrected chi connectivity index (χ4v) is 3.66. The molecule has 1 saturated heterocycles. The molecule has 0 aliphatic carbocycles. The lowest BCUT2D eigenvalue weighted by molar-refractivity contribution is 0.0391. The quantitative estimate of drug-likeness (QED) is 0.620. The van der Waals surface area contributed by atoms with Gasteiger partial charge >= 0.3 is 0 Å². The first-order chi connectivity index (χ1) is 14.7. The molecule has 2 aromatic rings. The van der Waals surface area contributed by atoms with Crippen molar-refractivity contribution in [2.45, 2.75) is 13.0 Å². The van der Waals surface area contributed by atoms with Gasteiger partial charge in [-0.25, -0.2) is 4.68 Å². The van der Waals surface area contributed by atoms with Crippen LogP contribution in [-0.2, 0) is 11.3 Å². The monoisotopic (exact) mass is 432 g/mol. The van der Waals surface area contributed by atoms with E-state index in [1.165, 1.54) is 10.9 Å². The molecular formula is C22H29ClN4O3. The lowest BCUT2D eigenvalue weighted by Crippen LogP contribution is -2.43. The smallest absolute Gasteiger partial charge is 0.292 e. The minimum atomic E-state index is -0.222. The van der Waals surface area contributed by atoms with Crippen molar-refractivity contribution in [2.75, 3.05) is 57.4 Å². The molecule has 8 heteroatoms. The third-order valence-corrected chi connectivity index (χ3v) is 5.33. The van der Waals surface area contributed by atoms with Crippen molar-refractivity contribution in [3.63, 3.8) is 0 Å². The maximum absolute atomic E-state index is 13.1. The lowest BCUT2D eigenvalue weighted by Gasteiger charge is -2.31. The summed E-state index contributed by atoms with van der Waals surface area (Å²) in [5.74, 6) is 0. The van der Waals surface area contributed by atoms with Crippen LogP contribution in [0.15, 0.2) is 47.4 Å². The molecule has 162 valence electrons. The van der Waals surface area contributed by atoms with Crippen molar-refractivity contribution < 1.29 is 9.84 Å². The highest BCUT2D eigenvalue weighted by Crippen LogP contribution is 2.20. The maximum atomic E-state index is 13.1. The van der Waals surface area contributed by atoms with Crippen LogP contribution in [0.2, 0.25) is 5.02 Å². The highest BCUT2D eigenvalue weighted by molar-refractivity contribution is 6.33. The summed E-state index contributed by atoms with van der Waals surface area (Å²) in [6, 6.07) is 9.91. The van der Waals surface area contributed by atoms with Gasteiger partial charge in [0, 0.05) is 39.3 Å². The summed E-state index contributed by atoms with van der Waals surface area (Å²) in [6.45, 7) is 5.65. The van der Waals surface area contributed by atoms with Crippen molar-refractivity contribution in [3.05, 3.63) is 63.5 Å². The van der Waals surface area contributed by atoms with Crippen molar-refractivity contribution >= 4 is 23.4 Å². The van der Waals surface area contributed by atoms with Gasteiger partial charge in [-0.15, -0.1) is 0 Å². The summed E-state index contributed by atoms with van der Waals surface area (Å²) >= 11 is 6.39. The zero-order valence-corrected chi connectivity index (χ0v) is 17.9. The molecule has 0 unspecified atom stereocenters. The van der Waals surface area contributed by atoms with Gasteiger partial charge in [0.2, 0.25) is 0 Å². The number of hydrogen-bond donors (Lipinski definition) is 1. The van der Waals surface area contributed by atoms with E-state index in [9.17, 15) is 9.90 Å². The summed E-state index contributed by atoms with van der Waals surface area (Å²) in [5, 5.41) is 13.8. The van der Waals surface area contributed by atoms with Crippen LogP contribution >= 0.6 is 11.6 Å². The summed E-state index contributed by atoms with van der Waals surface area (Å²) in [7, 11) is 0. The third-order valence-electron chi connectivity index (χ3n) is 5.05. The average Bonchev–Trinajstić information content (AvgIpc) is 2.78. The van der Waals surface area contributed by atoms with Gasteiger partial charge < -0.3 is 14.7 Å². The minimum Gasteiger partial charge on any atom is -0.396 e. The first kappa shape index (κ1) is 22.5. The Kier molecular flexibility index (Phi) is 8.89. The molecule has 0 bridgehead atoms. The van der Waals surface area contributed by atoms with E-state index in [-0.39, 0.29) is 12.2 Å². The predicted octanol–water partition coefficient (Wildman–Crippen LogP) is 2.13. The van der Waals surface area contributed by atoms with Crippen LogP contribution in [0.3, 0.4) is 0 Å². The number of benzene rings is 1. The van der Waals surface area contributed by atoms with E-state index >= 15 is 0 Å². The molecule has 0 atom stereocenters. The number of aromatic nitrogens is 2. The molecule has 1 aliphatic heterocycles. The van der Waals surface area contributed by atoms with Crippen molar-refractivity contribution in [2.24, 2.45) is 0 Å². The molecule has 1 aromatic carbocycles. The molecule has 30 heavy (non-hydrogen) atoms. The lowest BCUT2D eigenvalue weighted by atomic mass is 10.2. The second kappa shape index (κ2) is 11.9. The number of aliphatic hydroxyl groups excluding tert-OH is 1. The van der Waals surface area contributed by atoms with Gasteiger partial charge in [0.15, 0.2) is 0 Å². The fraction of sp³-hybridized carbons (Fsp3) is 0.455. The number of anilines is 1. The van der Waals surface area contributed by atoms with Crippen LogP contribution in [0.1, 0.15) is 12.0 Å². The molecule has 1 fully saturated rings. The van der Waals surface area contributed by atoms with Gasteiger partial charge in [0.1, 0.15) is 5.69 Å². The molecule has 3 rings (SSSR count). The third kappa shape index (κ3) is 6.40. The Hall–Kier alpha value is -2.19. The van der Waals surface area contributed by atoms with E-state index in [1.54, 1.807) is 0 Å². The predicted molar refractivity (Wildman–Crippen MR) is 120 cm³/mol. The normalized spacial score (nSPS) is 15.0. The Morgan fingerprint density at radius 3 is 2.70 bits per heavy atom. The largest absolute Gasteiger partial charge is 0.396 e. The first-order valence-corrected chi connectivity index (χ1v) is 10.7. The van der Waals surface area contributed by atoms with Crippen LogP contribution in [0.25, 0.3) is 6.08 Å². The number of nitrogens with zero attached hydrogens (tertiary/aromatic N) is 4. The number of morpholine rings is 1. The van der Waals surface area contributed by atoms with Gasteiger partial charge in [-0.3, -0.25) is 9.69 Å². The molecular weight excluding hydrogens is 404 g/mol. The fourth-order valence-electron chi connectivity index (χ4n) is 3.41. The van der Waals surface area contributed by atoms with Crippen LogP contribution in [0.5, 0.6) is 0 Å². The number of rotatable bonds is 10. The highest BCUT2D eigenvalue weighted by Gasteiger charge is 2.19. The number of aliphatic hydroxyl groups is 1. The first-order valence-electron chi connectivity index (χ1n) is 10.3. The van der Waals surface area contributed by atoms with Gasteiger partial charge in [-0.2, -0.15) is 5.10 Å². The number of ether oxygens (including phenoxy) is 1. The van der Waals surface area contributed by atoms with Crippen molar-refractivity contribution in [1.82, 2.24) is 14.7 Å². The van der Waals surface area contributed by atoms with Gasteiger partial charge in [0.05, 0.1) is 31.0 Å². The van der Waals surface area contributed by atoms with E-state index in [0.29, 0.717) is 36.8 Å². The molecule has 0 saturated carbocycles. The average molecular weight is 433 g/mol. The zero-order chi connectivity index (χ0) is 21.2. The molecule has 1 aliphatic rings. The summed E-state index contributed by atoms with van der Waals surface area (Å²) in [5.41, 5.74) is 1.29. The van der Waals surface area contributed by atoms with Gasteiger partial charge in [0.25, 0.3) is 5.56 Å². The standard InChI is InChI=1S/C22H29ClN4O3/c23-20-18-24-27(10-4-8-19-6-2-1-3-7-19)22(29)21(20)26(9-5-15-28)12-11-25-13-16-30-17-14-25/h1-4,6-8,18,28H,5,9-17H2. The summed E-state index contributed by atoms with van der Waals surface area (Å²) in [4.78, 5) is 17.4. The number of allylic oxidation sites excluding steroid dienone is 1.